The number of carbonyl (C=O) groups is 2. The fourth-order valence-corrected chi connectivity index (χ4v) is 5.95. The molecule has 3 heterocycles. The zero-order valence-electron chi connectivity index (χ0n) is 24.6. The summed E-state index contributed by atoms with van der Waals surface area (Å²) in [4.78, 5) is 37.5. The summed E-state index contributed by atoms with van der Waals surface area (Å²) in [6, 6.07) is 3.36. The number of halogens is 5. The van der Waals surface area contributed by atoms with Gasteiger partial charge in [-0.1, -0.05) is 13.8 Å². The van der Waals surface area contributed by atoms with Gasteiger partial charge in [0.15, 0.2) is 0 Å². The standard InChI is InChI=1S/C30H29F5N6O4/c1-5-45-18-11-14(26(42)39-20-12-15(7-9-37-20)30(33,34)35)10-17(31)21(18)22-23-24(36)38-13-19(32)41(23)25(40-22)16-6-8-29(4,27(43)44)28(16,2)3/h7,9-13,16H,5-6,8H2,1-4H3,(H2,36,38)(H,43,44)(H,37,39,42)/t16-,29+/m0/s1. The Hall–Kier alpha value is -4.82. The van der Waals surface area contributed by atoms with Crippen LogP contribution in [0.3, 0.4) is 0 Å². The Balaban J connectivity index is 1.64. The Labute approximate surface area is 253 Å². The third-order valence-corrected chi connectivity index (χ3v) is 8.86. The number of nitrogens with one attached hydrogen (secondary N) is 1. The van der Waals surface area contributed by atoms with E-state index in [4.69, 9.17) is 10.5 Å². The molecule has 15 heteroatoms. The fourth-order valence-electron chi connectivity index (χ4n) is 5.95. The first kappa shape index (κ1) is 31.6. The number of hydrogen-bond acceptors (Lipinski definition) is 7. The number of nitrogens with two attached hydrogens (primary N) is 1. The summed E-state index contributed by atoms with van der Waals surface area (Å²) in [6.45, 7) is 6.71. The highest BCUT2D eigenvalue weighted by Crippen LogP contribution is 2.60. The second-order valence-corrected chi connectivity index (χ2v) is 11.6. The molecule has 1 amide bonds. The van der Waals surface area contributed by atoms with Gasteiger partial charge in [-0.3, -0.25) is 14.0 Å². The number of carbonyl (C=O) groups excluding carboxylic acids is 1. The molecular weight excluding hydrogens is 603 g/mol. The van der Waals surface area contributed by atoms with Crippen LogP contribution in [0.25, 0.3) is 16.8 Å². The van der Waals surface area contributed by atoms with E-state index in [2.05, 4.69) is 20.3 Å². The molecular formula is C30H29F5N6O4. The van der Waals surface area contributed by atoms with E-state index in [9.17, 15) is 27.9 Å². The molecule has 1 aromatic carbocycles. The molecule has 238 valence electrons. The minimum absolute atomic E-state index is 0.0000522. The Morgan fingerprint density at radius 3 is 2.51 bits per heavy atom. The minimum Gasteiger partial charge on any atom is -0.493 e. The van der Waals surface area contributed by atoms with Crippen molar-refractivity contribution < 1.29 is 41.4 Å². The van der Waals surface area contributed by atoms with Crippen LogP contribution < -0.4 is 15.8 Å². The van der Waals surface area contributed by atoms with E-state index in [-0.39, 0.29) is 52.8 Å². The molecule has 1 fully saturated rings. The van der Waals surface area contributed by atoms with Crippen LogP contribution in [-0.4, -0.2) is 42.9 Å². The molecule has 1 aliphatic rings. The van der Waals surface area contributed by atoms with Crippen molar-refractivity contribution in [3.63, 3.8) is 0 Å². The van der Waals surface area contributed by atoms with Crippen molar-refractivity contribution in [2.45, 2.75) is 52.6 Å². The van der Waals surface area contributed by atoms with Gasteiger partial charge in [-0.05, 0) is 56.4 Å². The van der Waals surface area contributed by atoms with E-state index in [1.165, 1.54) is 6.07 Å². The molecule has 4 aromatic rings. The molecule has 0 aliphatic heterocycles. The number of aromatic nitrogens is 4. The number of carboxylic acids is 1. The number of fused-ring (bicyclic) bond motifs is 1. The number of anilines is 2. The van der Waals surface area contributed by atoms with Crippen molar-refractivity contribution in [2.75, 3.05) is 17.7 Å². The third kappa shape index (κ3) is 5.19. The highest BCUT2D eigenvalue weighted by molar-refractivity contribution is 6.05. The van der Waals surface area contributed by atoms with E-state index in [0.717, 1.165) is 28.9 Å². The summed E-state index contributed by atoms with van der Waals surface area (Å²) in [5.74, 6) is -5.16. The van der Waals surface area contributed by atoms with Gasteiger partial charge in [-0.15, -0.1) is 0 Å². The lowest BCUT2D eigenvalue weighted by Gasteiger charge is -2.38. The lowest BCUT2D eigenvalue weighted by atomic mass is 9.65. The minimum atomic E-state index is -4.68. The first-order valence-electron chi connectivity index (χ1n) is 13.9. The van der Waals surface area contributed by atoms with E-state index in [1.807, 2.05) is 0 Å². The van der Waals surface area contributed by atoms with Crippen LogP contribution in [0.15, 0.2) is 36.7 Å². The maximum absolute atomic E-state index is 16.1. The number of pyridine rings is 1. The van der Waals surface area contributed by atoms with Crippen LogP contribution in [0.2, 0.25) is 0 Å². The van der Waals surface area contributed by atoms with Crippen LogP contribution in [-0.2, 0) is 11.0 Å². The van der Waals surface area contributed by atoms with Crippen LogP contribution in [0.4, 0.5) is 33.6 Å². The normalized spacial score (nSPS) is 19.5. The van der Waals surface area contributed by atoms with Crippen molar-refractivity contribution in [3.05, 3.63) is 65.4 Å². The highest BCUT2D eigenvalue weighted by atomic mass is 19.4. The number of ether oxygens (including phenoxy) is 1. The number of nitrogens with zero attached hydrogens (tertiary/aromatic N) is 4. The van der Waals surface area contributed by atoms with Gasteiger partial charge in [0.2, 0.25) is 5.95 Å². The molecule has 10 nitrogen and oxygen atoms in total. The smallest absolute Gasteiger partial charge is 0.416 e. The third-order valence-electron chi connectivity index (χ3n) is 8.86. The predicted octanol–water partition coefficient (Wildman–Crippen LogP) is 6.32. The number of benzene rings is 1. The van der Waals surface area contributed by atoms with E-state index < -0.39 is 57.9 Å². The van der Waals surface area contributed by atoms with Gasteiger partial charge in [-0.25, -0.2) is 19.3 Å². The molecule has 5 rings (SSSR count). The SMILES string of the molecule is CCOc1cc(C(=O)Nc2cc(C(F)(F)F)ccn2)cc(F)c1-c1nc([C@@H]2CC[C@](C)(C(=O)O)C2(C)C)n2c(F)cnc(N)c12. The first-order chi connectivity index (χ1) is 21.0. The summed E-state index contributed by atoms with van der Waals surface area (Å²) in [5, 5.41) is 12.2. The van der Waals surface area contributed by atoms with E-state index in [0.29, 0.717) is 12.5 Å². The highest BCUT2D eigenvalue weighted by Gasteiger charge is 2.58. The van der Waals surface area contributed by atoms with Crippen molar-refractivity contribution in [1.29, 1.82) is 0 Å². The summed E-state index contributed by atoms with van der Waals surface area (Å²) in [7, 11) is 0. The fraction of sp³-hybridized carbons (Fsp3) is 0.367. The average molecular weight is 633 g/mol. The Bertz CT molecular complexity index is 1840. The maximum Gasteiger partial charge on any atom is 0.416 e. The van der Waals surface area contributed by atoms with Gasteiger partial charge in [0.25, 0.3) is 5.91 Å². The molecule has 0 radical (unpaired) electrons. The van der Waals surface area contributed by atoms with Gasteiger partial charge in [-0.2, -0.15) is 17.6 Å². The first-order valence-corrected chi connectivity index (χ1v) is 13.9. The van der Waals surface area contributed by atoms with Crippen LogP contribution >= 0.6 is 0 Å². The Morgan fingerprint density at radius 2 is 1.89 bits per heavy atom. The van der Waals surface area contributed by atoms with Gasteiger partial charge in [0.05, 0.1) is 29.3 Å². The molecule has 0 bridgehead atoms. The number of rotatable bonds is 7. The molecule has 1 aliphatic carbocycles. The zero-order chi connectivity index (χ0) is 33.1. The summed E-state index contributed by atoms with van der Waals surface area (Å²) >= 11 is 0. The summed E-state index contributed by atoms with van der Waals surface area (Å²) < 4.78 is 77.7. The number of aliphatic carboxylic acids is 1. The van der Waals surface area contributed by atoms with E-state index >= 15 is 8.78 Å². The molecule has 1 saturated carbocycles. The van der Waals surface area contributed by atoms with Crippen molar-refractivity contribution >= 4 is 29.0 Å². The Kier molecular flexibility index (Phi) is 7.70. The van der Waals surface area contributed by atoms with Gasteiger partial charge < -0.3 is 20.9 Å². The Morgan fingerprint density at radius 1 is 1.18 bits per heavy atom. The molecule has 2 atom stereocenters. The van der Waals surface area contributed by atoms with Crippen LogP contribution in [0.1, 0.15) is 68.2 Å². The number of alkyl halides is 3. The topological polar surface area (TPSA) is 145 Å². The van der Waals surface area contributed by atoms with E-state index in [1.54, 1.807) is 27.7 Å². The lowest BCUT2D eigenvalue weighted by Crippen LogP contribution is -2.40. The second-order valence-electron chi connectivity index (χ2n) is 11.6. The largest absolute Gasteiger partial charge is 0.493 e. The van der Waals surface area contributed by atoms with Crippen molar-refractivity contribution in [2.24, 2.45) is 10.8 Å². The van der Waals surface area contributed by atoms with Crippen molar-refractivity contribution in [3.8, 4) is 17.0 Å². The second kappa shape index (κ2) is 11.0. The number of carboxylic acid groups (broad SMARTS) is 1. The van der Waals surface area contributed by atoms with Gasteiger partial charge >= 0.3 is 12.1 Å². The average Bonchev–Trinajstić information content (AvgIpc) is 3.46. The number of imidazole rings is 1. The summed E-state index contributed by atoms with van der Waals surface area (Å²) in [5.41, 5.74) is 2.21. The molecule has 0 saturated heterocycles. The maximum atomic E-state index is 16.1. The summed E-state index contributed by atoms with van der Waals surface area (Å²) in [6.07, 6.45) is -2.32. The predicted molar refractivity (Wildman–Crippen MR) is 153 cm³/mol. The molecule has 4 N–H and O–H groups in total. The van der Waals surface area contributed by atoms with Crippen molar-refractivity contribution in [1.82, 2.24) is 19.4 Å². The van der Waals surface area contributed by atoms with Crippen LogP contribution in [0, 0.1) is 22.6 Å². The number of hydrogen-bond donors (Lipinski definition) is 3. The van der Waals surface area contributed by atoms with Crippen LogP contribution in [0.5, 0.6) is 5.75 Å². The molecule has 0 spiro atoms. The number of amides is 1. The zero-order valence-corrected chi connectivity index (χ0v) is 24.6. The quantitative estimate of drug-likeness (QED) is 0.201. The number of nitrogen functional groups attached to an aromatic ring is 1. The lowest BCUT2D eigenvalue weighted by molar-refractivity contribution is -0.153. The molecule has 0 unspecified atom stereocenters. The molecule has 3 aromatic heterocycles. The van der Waals surface area contributed by atoms with Gasteiger partial charge in [0, 0.05) is 17.7 Å². The monoisotopic (exact) mass is 632 g/mol. The molecule has 45 heavy (non-hydrogen) atoms. The van der Waals surface area contributed by atoms with Gasteiger partial charge in [0.1, 0.15) is 40.2 Å².